The molecule has 0 atom stereocenters. The number of anilines is 1. The van der Waals surface area contributed by atoms with Crippen molar-refractivity contribution < 1.29 is 19.4 Å². The lowest BCUT2D eigenvalue weighted by Gasteiger charge is -2.18. The molecule has 0 aliphatic carbocycles. The standard InChI is InChI=1S/C15H20N2O4/c18-8-4-2-1-3-7-16-15(20)11-5-6-12-13(9-11)21-10-14(19)17-12/h5-6,9,18H,1-4,7-8,10H2,(H,16,20)(H,17,19). The first-order valence-electron chi connectivity index (χ1n) is 7.16. The summed E-state index contributed by atoms with van der Waals surface area (Å²) in [5.74, 6) is 0.174. The molecule has 0 spiro atoms. The van der Waals surface area contributed by atoms with Crippen molar-refractivity contribution in [1.29, 1.82) is 0 Å². The van der Waals surface area contributed by atoms with E-state index in [1.165, 1.54) is 0 Å². The minimum Gasteiger partial charge on any atom is -0.482 e. The number of carbonyl (C=O) groups excluding carboxylic acids is 2. The van der Waals surface area contributed by atoms with Crippen LogP contribution < -0.4 is 15.4 Å². The molecular formula is C15H20N2O4. The zero-order valence-electron chi connectivity index (χ0n) is 11.9. The van der Waals surface area contributed by atoms with Crippen molar-refractivity contribution >= 4 is 17.5 Å². The average molecular weight is 292 g/mol. The Morgan fingerprint density at radius 1 is 1.29 bits per heavy atom. The van der Waals surface area contributed by atoms with Crippen molar-refractivity contribution in [2.75, 3.05) is 25.1 Å². The number of aliphatic hydroxyl groups excluding tert-OH is 1. The summed E-state index contributed by atoms with van der Waals surface area (Å²) in [7, 11) is 0. The Hall–Kier alpha value is -2.08. The van der Waals surface area contributed by atoms with Crippen molar-refractivity contribution in [1.82, 2.24) is 5.32 Å². The molecule has 1 aliphatic rings. The summed E-state index contributed by atoms with van der Waals surface area (Å²) in [4.78, 5) is 23.2. The number of hydrogen-bond donors (Lipinski definition) is 3. The minimum atomic E-state index is -0.192. The summed E-state index contributed by atoms with van der Waals surface area (Å²) in [6.45, 7) is 0.805. The van der Waals surface area contributed by atoms with Crippen molar-refractivity contribution in [3.63, 3.8) is 0 Å². The Kier molecular flexibility index (Phi) is 5.57. The first-order chi connectivity index (χ1) is 10.2. The Morgan fingerprint density at radius 2 is 2.10 bits per heavy atom. The fourth-order valence-corrected chi connectivity index (χ4v) is 2.11. The van der Waals surface area contributed by atoms with Crippen LogP contribution in [0.2, 0.25) is 0 Å². The topological polar surface area (TPSA) is 87.7 Å². The van der Waals surface area contributed by atoms with Crippen molar-refractivity contribution in [3.8, 4) is 5.75 Å². The van der Waals surface area contributed by atoms with Crippen LogP contribution in [0.1, 0.15) is 36.0 Å². The number of unbranched alkanes of at least 4 members (excludes halogenated alkanes) is 3. The summed E-state index contributed by atoms with van der Waals surface area (Å²) < 4.78 is 5.28. The summed E-state index contributed by atoms with van der Waals surface area (Å²) in [5.41, 5.74) is 1.10. The number of aliphatic hydroxyl groups is 1. The van der Waals surface area contributed by atoms with Crippen LogP contribution in [0, 0.1) is 0 Å². The molecular weight excluding hydrogens is 272 g/mol. The van der Waals surface area contributed by atoms with Gasteiger partial charge in [-0.25, -0.2) is 0 Å². The van der Waals surface area contributed by atoms with Crippen LogP contribution in [-0.4, -0.2) is 36.7 Å². The van der Waals surface area contributed by atoms with Crippen molar-refractivity contribution in [3.05, 3.63) is 23.8 Å². The van der Waals surface area contributed by atoms with Gasteiger partial charge in [-0.15, -0.1) is 0 Å². The van der Waals surface area contributed by atoms with Crippen LogP contribution in [0.5, 0.6) is 5.75 Å². The average Bonchev–Trinajstić information content (AvgIpc) is 2.50. The predicted octanol–water partition coefficient (Wildman–Crippen LogP) is 1.30. The molecule has 0 aromatic heterocycles. The number of carbonyl (C=O) groups is 2. The molecule has 1 aromatic rings. The molecule has 2 rings (SSSR count). The zero-order chi connectivity index (χ0) is 15.1. The van der Waals surface area contributed by atoms with Gasteiger partial charge in [0, 0.05) is 18.7 Å². The molecule has 1 heterocycles. The Balaban J connectivity index is 1.81. The zero-order valence-corrected chi connectivity index (χ0v) is 11.9. The van der Waals surface area contributed by atoms with Gasteiger partial charge in [0.15, 0.2) is 6.61 Å². The van der Waals surface area contributed by atoms with E-state index in [0.717, 1.165) is 25.7 Å². The molecule has 1 aliphatic heterocycles. The number of rotatable bonds is 7. The van der Waals surface area contributed by atoms with Gasteiger partial charge in [0.1, 0.15) is 5.75 Å². The highest BCUT2D eigenvalue weighted by atomic mass is 16.5. The first-order valence-corrected chi connectivity index (χ1v) is 7.16. The van der Waals surface area contributed by atoms with E-state index >= 15 is 0 Å². The molecule has 0 saturated carbocycles. The monoisotopic (exact) mass is 292 g/mol. The van der Waals surface area contributed by atoms with Gasteiger partial charge < -0.3 is 20.5 Å². The fourth-order valence-electron chi connectivity index (χ4n) is 2.11. The van der Waals surface area contributed by atoms with Crippen molar-refractivity contribution in [2.45, 2.75) is 25.7 Å². The highest BCUT2D eigenvalue weighted by Crippen LogP contribution is 2.28. The van der Waals surface area contributed by atoms with Crippen molar-refractivity contribution in [2.24, 2.45) is 0 Å². The van der Waals surface area contributed by atoms with E-state index in [9.17, 15) is 9.59 Å². The second-order valence-electron chi connectivity index (χ2n) is 4.94. The van der Waals surface area contributed by atoms with Gasteiger partial charge in [-0.2, -0.15) is 0 Å². The lowest BCUT2D eigenvalue weighted by molar-refractivity contribution is -0.118. The van der Waals surface area contributed by atoms with E-state index in [0.29, 0.717) is 23.5 Å². The minimum absolute atomic E-state index is 0.0249. The quantitative estimate of drug-likeness (QED) is 0.661. The lowest BCUT2D eigenvalue weighted by atomic mass is 10.1. The Morgan fingerprint density at radius 3 is 2.90 bits per heavy atom. The van der Waals surface area contributed by atoms with Crippen LogP contribution in [0.15, 0.2) is 18.2 Å². The number of fused-ring (bicyclic) bond motifs is 1. The van der Waals surface area contributed by atoms with E-state index in [-0.39, 0.29) is 25.0 Å². The highest BCUT2D eigenvalue weighted by Gasteiger charge is 2.17. The van der Waals surface area contributed by atoms with Gasteiger partial charge in [0.25, 0.3) is 11.8 Å². The number of hydrogen-bond acceptors (Lipinski definition) is 4. The van der Waals surface area contributed by atoms with Crippen LogP contribution in [0.4, 0.5) is 5.69 Å². The smallest absolute Gasteiger partial charge is 0.262 e. The SMILES string of the molecule is O=C1COc2cc(C(=O)NCCCCCCO)ccc2N1. The maximum Gasteiger partial charge on any atom is 0.262 e. The summed E-state index contributed by atoms with van der Waals surface area (Å²) >= 11 is 0. The molecule has 6 heteroatoms. The largest absolute Gasteiger partial charge is 0.482 e. The fraction of sp³-hybridized carbons (Fsp3) is 0.467. The van der Waals surface area contributed by atoms with E-state index in [1.807, 2.05) is 0 Å². The second-order valence-corrected chi connectivity index (χ2v) is 4.94. The van der Waals surface area contributed by atoms with Crippen LogP contribution >= 0.6 is 0 Å². The van der Waals surface area contributed by atoms with E-state index < -0.39 is 0 Å². The van der Waals surface area contributed by atoms with Gasteiger partial charge in [0.05, 0.1) is 5.69 Å². The number of benzene rings is 1. The molecule has 1 aromatic carbocycles. The third kappa shape index (κ3) is 4.46. The maximum atomic E-state index is 12.0. The predicted molar refractivity (Wildman–Crippen MR) is 78.5 cm³/mol. The van der Waals surface area contributed by atoms with Gasteiger partial charge in [-0.3, -0.25) is 9.59 Å². The maximum absolute atomic E-state index is 12.0. The molecule has 0 bridgehead atoms. The van der Waals surface area contributed by atoms with E-state index in [2.05, 4.69) is 10.6 Å². The highest BCUT2D eigenvalue weighted by molar-refractivity contribution is 5.98. The third-order valence-corrected chi connectivity index (χ3v) is 3.25. The number of amides is 2. The molecule has 6 nitrogen and oxygen atoms in total. The van der Waals surface area contributed by atoms with Gasteiger partial charge in [-0.05, 0) is 31.0 Å². The lowest BCUT2D eigenvalue weighted by Crippen LogP contribution is -2.27. The van der Waals surface area contributed by atoms with Crippen LogP contribution in [0.25, 0.3) is 0 Å². The summed E-state index contributed by atoms with van der Waals surface area (Å²) in [6.07, 6.45) is 3.66. The van der Waals surface area contributed by atoms with Crippen LogP contribution in [0.3, 0.4) is 0 Å². The third-order valence-electron chi connectivity index (χ3n) is 3.25. The molecule has 21 heavy (non-hydrogen) atoms. The molecule has 0 fully saturated rings. The van der Waals surface area contributed by atoms with E-state index in [1.54, 1.807) is 18.2 Å². The summed E-state index contributed by atoms with van der Waals surface area (Å²) in [6, 6.07) is 4.97. The Labute approximate surface area is 123 Å². The summed E-state index contributed by atoms with van der Waals surface area (Å²) in [5, 5.41) is 14.2. The van der Waals surface area contributed by atoms with E-state index in [4.69, 9.17) is 9.84 Å². The van der Waals surface area contributed by atoms with Crippen LogP contribution in [-0.2, 0) is 4.79 Å². The molecule has 3 N–H and O–H groups in total. The van der Waals surface area contributed by atoms with Gasteiger partial charge in [0.2, 0.25) is 0 Å². The number of ether oxygens (including phenoxy) is 1. The molecule has 0 radical (unpaired) electrons. The van der Waals surface area contributed by atoms with Gasteiger partial charge >= 0.3 is 0 Å². The normalized spacial score (nSPS) is 13.1. The molecule has 114 valence electrons. The Bertz CT molecular complexity index is 516. The molecule has 2 amide bonds. The van der Waals surface area contributed by atoms with Gasteiger partial charge in [-0.1, -0.05) is 12.8 Å². The molecule has 0 saturated heterocycles. The second kappa shape index (κ2) is 7.64. The molecule has 0 unspecified atom stereocenters. The first kappa shape index (κ1) is 15.3. The number of nitrogens with one attached hydrogen (secondary N) is 2.